The van der Waals surface area contributed by atoms with Gasteiger partial charge in [0, 0.05) is 0 Å². The number of ether oxygens (including phenoxy) is 3. The Morgan fingerprint density at radius 1 is 1.08 bits per heavy atom. The Morgan fingerprint density at radius 2 is 1.75 bits per heavy atom. The minimum atomic E-state index is -0.357. The third-order valence-corrected chi connectivity index (χ3v) is 3.38. The van der Waals surface area contributed by atoms with Crippen molar-refractivity contribution in [1.29, 1.82) is 0 Å². The Bertz CT molecular complexity index is 669. The number of methoxy groups -OCH3 is 3. The highest BCUT2D eigenvalue weighted by atomic mass is 16.5. The summed E-state index contributed by atoms with van der Waals surface area (Å²) in [6, 6.07) is 4.59. The zero-order chi connectivity index (χ0) is 17.5. The molecule has 0 saturated carbocycles. The summed E-state index contributed by atoms with van der Waals surface area (Å²) in [5, 5.41) is 12.9. The monoisotopic (exact) mass is 332 g/mol. The quantitative estimate of drug-likeness (QED) is 0.843. The third-order valence-electron chi connectivity index (χ3n) is 3.38. The standard InChI is InChI=1S/C16H20N4O4/c1-10(19-16(21)20-12-5-6-17-18-9-12)11-7-13(22-2)15(24-4)14(8-11)23-3/h5-10H,1-4H3,(H2,17,19,20,21). The molecule has 0 saturated heterocycles. The van der Waals surface area contributed by atoms with Crippen molar-refractivity contribution in [3.05, 3.63) is 36.2 Å². The van der Waals surface area contributed by atoms with Crippen LogP contribution < -0.4 is 24.8 Å². The Labute approximate surface area is 140 Å². The average Bonchev–Trinajstić information content (AvgIpc) is 2.60. The van der Waals surface area contributed by atoms with E-state index in [0.717, 1.165) is 5.56 Å². The zero-order valence-corrected chi connectivity index (χ0v) is 14.0. The van der Waals surface area contributed by atoms with Crippen LogP contribution in [0.2, 0.25) is 0 Å². The molecule has 1 aromatic carbocycles. The highest BCUT2D eigenvalue weighted by Crippen LogP contribution is 2.39. The van der Waals surface area contributed by atoms with Crippen LogP contribution in [0.15, 0.2) is 30.6 Å². The number of nitrogens with zero attached hydrogens (tertiary/aromatic N) is 2. The van der Waals surface area contributed by atoms with Gasteiger partial charge in [-0.3, -0.25) is 0 Å². The number of anilines is 1. The van der Waals surface area contributed by atoms with Gasteiger partial charge in [0.15, 0.2) is 11.5 Å². The van der Waals surface area contributed by atoms with Crippen LogP contribution in [0.1, 0.15) is 18.5 Å². The fourth-order valence-corrected chi connectivity index (χ4v) is 2.16. The lowest BCUT2D eigenvalue weighted by Crippen LogP contribution is -2.31. The minimum Gasteiger partial charge on any atom is -0.493 e. The van der Waals surface area contributed by atoms with Gasteiger partial charge in [-0.1, -0.05) is 0 Å². The summed E-state index contributed by atoms with van der Waals surface area (Å²) in [6.07, 6.45) is 2.96. The largest absolute Gasteiger partial charge is 0.493 e. The molecule has 128 valence electrons. The highest BCUT2D eigenvalue weighted by Gasteiger charge is 2.17. The molecule has 1 atom stereocenters. The molecule has 0 bridgehead atoms. The van der Waals surface area contributed by atoms with E-state index in [1.54, 1.807) is 32.4 Å². The topological polar surface area (TPSA) is 94.6 Å². The third kappa shape index (κ3) is 4.03. The van der Waals surface area contributed by atoms with E-state index >= 15 is 0 Å². The molecule has 0 aliphatic carbocycles. The Balaban J connectivity index is 2.14. The lowest BCUT2D eigenvalue weighted by molar-refractivity contribution is 0.249. The first-order valence-electron chi connectivity index (χ1n) is 7.23. The summed E-state index contributed by atoms with van der Waals surface area (Å²) < 4.78 is 15.9. The molecular formula is C16H20N4O4. The second-order valence-electron chi connectivity index (χ2n) is 4.91. The number of aromatic nitrogens is 2. The van der Waals surface area contributed by atoms with E-state index < -0.39 is 0 Å². The van der Waals surface area contributed by atoms with Crippen LogP contribution in [0.4, 0.5) is 10.5 Å². The summed E-state index contributed by atoms with van der Waals surface area (Å²) in [5.41, 5.74) is 1.37. The van der Waals surface area contributed by atoms with E-state index in [1.165, 1.54) is 19.5 Å². The number of carbonyl (C=O) groups excluding carboxylic acids is 1. The molecule has 2 rings (SSSR count). The maximum Gasteiger partial charge on any atom is 0.319 e. The van der Waals surface area contributed by atoms with Gasteiger partial charge in [-0.05, 0) is 30.7 Å². The zero-order valence-electron chi connectivity index (χ0n) is 14.0. The number of rotatable bonds is 6. The Kier molecular flexibility index (Phi) is 5.78. The minimum absolute atomic E-state index is 0.284. The van der Waals surface area contributed by atoms with Crippen molar-refractivity contribution in [1.82, 2.24) is 15.5 Å². The second-order valence-corrected chi connectivity index (χ2v) is 4.91. The lowest BCUT2D eigenvalue weighted by atomic mass is 10.1. The summed E-state index contributed by atoms with van der Waals surface area (Å²) in [5.74, 6) is 1.56. The molecule has 1 unspecified atom stereocenters. The fraction of sp³-hybridized carbons (Fsp3) is 0.312. The van der Waals surface area contributed by atoms with Gasteiger partial charge >= 0.3 is 6.03 Å². The molecule has 1 aromatic heterocycles. The van der Waals surface area contributed by atoms with E-state index in [9.17, 15) is 4.79 Å². The highest BCUT2D eigenvalue weighted by molar-refractivity contribution is 5.89. The molecule has 0 aliphatic heterocycles. The van der Waals surface area contributed by atoms with Crippen molar-refractivity contribution in [3.63, 3.8) is 0 Å². The maximum atomic E-state index is 12.1. The van der Waals surface area contributed by atoms with Gasteiger partial charge in [-0.2, -0.15) is 10.2 Å². The van der Waals surface area contributed by atoms with E-state index in [0.29, 0.717) is 22.9 Å². The number of benzene rings is 1. The normalized spacial score (nSPS) is 11.3. The number of nitrogens with one attached hydrogen (secondary N) is 2. The number of carbonyl (C=O) groups is 1. The predicted octanol–water partition coefficient (Wildman–Crippen LogP) is 2.39. The molecule has 2 aromatic rings. The Hall–Kier alpha value is -3.03. The van der Waals surface area contributed by atoms with E-state index in [4.69, 9.17) is 14.2 Å². The van der Waals surface area contributed by atoms with Crippen LogP contribution in [0, 0.1) is 0 Å². The van der Waals surface area contributed by atoms with Gasteiger partial charge < -0.3 is 24.8 Å². The van der Waals surface area contributed by atoms with Crippen LogP contribution in [-0.4, -0.2) is 37.6 Å². The van der Waals surface area contributed by atoms with Crippen LogP contribution in [0.5, 0.6) is 17.2 Å². The van der Waals surface area contributed by atoms with Gasteiger partial charge in [0.2, 0.25) is 5.75 Å². The lowest BCUT2D eigenvalue weighted by Gasteiger charge is -2.19. The number of hydrogen-bond donors (Lipinski definition) is 2. The SMILES string of the molecule is COc1cc(C(C)NC(=O)Nc2ccnnc2)cc(OC)c1OC. The maximum absolute atomic E-state index is 12.1. The molecule has 2 N–H and O–H groups in total. The second kappa shape index (κ2) is 8.00. The van der Waals surface area contributed by atoms with Crippen LogP contribution in [0.3, 0.4) is 0 Å². The van der Waals surface area contributed by atoms with Crippen LogP contribution in [0.25, 0.3) is 0 Å². The number of hydrogen-bond acceptors (Lipinski definition) is 6. The molecule has 0 radical (unpaired) electrons. The van der Waals surface area contributed by atoms with E-state index in [2.05, 4.69) is 20.8 Å². The van der Waals surface area contributed by atoms with Crippen molar-refractivity contribution < 1.29 is 19.0 Å². The molecule has 24 heavy (non-hydrogen) atoms. The summed E-state index contributed by atoms with van der Waals surface area (Å²) in [6.45, 7) is 1.85. The summed E-state index contributed by atoms with van der Waals surface area (Å²) >= 11 is 0. The molecular weight excluding hydrogens is 312 g/mol. The number of amides is 2. The van der Waals surface area contributed by atoms with Crippen LogP contribution >= 0.6 is 0 Å². The molecule has 2 amide bonds. The average molecular weight is 332 g/mol. The van der Waals surface area contributed by atoms with Gasteiger partial charge in [-0.25, -0.2) is 4.79 Å². The van der Waals surface area contributed by atoms with Gasteiger partial charge in [-0.15, -0.1) is 0 Å². The summed E-state index contributed by atoms with van der Waals surface area (Å²) in [7, 11) is 4.63. The van der Waals surface area contributed by atoms with Gasteiger partial charge in [0.1, 0.15) is 0 Å². The molecule has 0 fully saturated rings. The van der Waals surface area contributed by atoms with Crippen molar-refractivity contribution in [2.24, 2.45) is 0 Å². The number of urea groups is 1. The molecule has 8 heteroatoms. The smallest absolute Gasteiger partial charge is 0.319 e. The molecule has 0 spiro atoms. The molecule has 0 aliphatic rings. The van der Waals surface area contributed by atoms with E-state index in [-0.39, 0.29) is 12.1 Å². The van der Waals surface area contributed by atoms with Crippen molar-refractivity contribution in [3.8, 4) is 17.2 Å². The van der Waals surface area contributed by atoms with Crippen LogP contribution in [-0.2, 0) is 0 Å². The first kappa shape index (κ1) is 17.3. The molecule has 1 heterocycles. The van der Waals surface area contributed by atoms with E-state index in [1.807, 2.05) is 6.92 Å². The van der Waals surface area contributed by atoms with Crippen molar-refractivity contribution in [2.75, 3.05) is 26.6 Å². The summed E-state index contributed by atoms with van der Waals surface area (Å²) in [4.78, 5) is 12.1. The van der Waals surface area contributed by atoms with Crippen molar-refractivity contribution >= 4 is 11.7 Å². The van der Waals surface area contributed by atoms with Gasteiger partial charge in [0.25, 0.3) is 0 Å². The first-order chi connectivity index (χ1) is 11.6. The molecule has 8 nitrogen and oxygen atoms in total. The van der Waals surface area contributed by atoms with Gasteiger partial charge in [0.05, 0.1) is 45.5 Å². The fourth-order valence-electron chi connectivity index (χ4n) is 2.16. The first-order valence-corrected chi connectivity index (χ1v) is 7.23. The van der Waals surface area contributed by atoms with Crippen molar-refractivity contribution in [2.45, 2.75) is 13.0 Å². The predicted molar refractivity (Wildman–Crippen MR) is 88.7 cm³/mol. The Morgan fingerprint density at radius 3 is 2.25 bits per heavy atom.